The number of rotatable bonds is 5. The van der Waals surface area contributed by atoms with Crippen LogP contribution in [0, 0.1) is 11.3 Å². The van der Waals surface area contributed by atoms with E-state index in [2.05, 4.69) is 15.5 Å². The number of hydrogen-bond donors (Lipinski definition) is 1. The predicted molar refractivity (Wildman–Crippen MR) is 104 cm³/mol. The van der Waals surface area contributed by atoms with Crippen LogP contribution in [0.4, 0.5) is 4.79 Å². The Morgan fingerprint density at radius 1 is 1.23 bits per heavy atom. The molecular formula is C21H17N5O4. The average molecular weight is 403 g/mol. The number of benzene rings is 2. The third-order valence-corrected chi connectivity index (χ3v) is 4.93. The molecule has 1 atom stereocenters. The third kappa shape index (κ3) is 3.24. The molecule has 9 heteroatoms. The largest absolute Gasteiger partial charge is 0.497 e. The van der Waals surface area contributed by atoms with Crippen LogP contribution >= 0.6 is 0 Å². The molecule has 2 heterocycles. The molecule has 1 unspecified atom stereocenters. The number of urea groups is 1. The van der Waals surface area contributed by atoms with Crippen LogP contribution < -0.4 is 10.1 Å². The number of imide groups is 1. The number of nitrogens with one attached hydrogen (secondary N) is 1. The fraction of sp³-hybridized carbons (Fsp3) is 0.190. The summed E-state index contributed by atoms with van der Waals surface area (Å²) in [5.41, 5.74) is 0.304. The smallest absolute Gasteiger partial charge is 0.325 e. The fourth-order valence-electron chi connectivity index (χ4n) is 3.27. The van der Waals surface area contributed by atoms with Gasteiger partial charge in [0, 0.05) is 5.56 Å². The Hall–Kier alpha value is -4.19. The van der Waals surface area contributed by atoms with Crippen LogP contribution in [0.3, 0.4) is 0 Å². The van der Waals surface area contributed by atoms with Gasteiger partial charge in [-0.25, -0.2) is 4.79 Å². The maximum absolute atomic E-state index is 13.1. The monoisotopic (exact) mass is 403 g/mol. The Bertz CT molecular complexity index is 1180. The molecule has 2 aromatic carbocycles. The summed E-state index contributed by atoms with van der Waals surface area (Å²) in [5.74, 6) is 0.610. The van der Waals surface area contributed by atoms with Gasteiger partial charge in [0.2, 0.25) is 11.7 Å². The number of hydrogen-bond acceptors (Lipinski definition) is 7. The normalized spacial score (nSPS) is 18.2. The highest BCUT2D eigenvalue weighted by Gasteiger charge is 2.49. The Balaban J connectivity index is 1.57. The van der Waals surface area contributed by atoms with Gasteiger partial charge in [-0.05, 0) is 36.8 Å². The van der Waals surface area contributed by atoms with Gasteiger partial charge in [-0.3, -0.25) is 9.69 Å². The van der Waals surface area contributed by atoms with Crippen molar-refractivity contribution in [1.82, 2.24) is 20.4 Å². The van der Waals surface area contributed by atoms with E-state index in [-0.39, 0.29) is 12.4 Å². The van der Waals surface area contributed by atoms with Gasteiger partial charge >= 0.3 is 6.03 Å². The molecule has 1 fully saturated rings. The fourth-order valence-corrected chi connectivity index (χ4v) is 3.27. The Morgan fingerprint density at radius 3 is 2.80 bits per heavy atom. The van der Waals surface area contributed by atoms with E-state index in [9.17, 15) is 9.59 Å². The van der Waals surface area contributed by atoms with Crippen molar-refractivity contribution in [3.8, 4) is 23.2 Å². The first-order valence-electron chi connectivity index (χ1n) is 9.06. The number of ether oxygens (including phenoxy) is 1. The van der Waals surface area contributed by atoms with E-state index in [1.165, 1.54) is 0 Å². The lowest BCUT2D eigenvalue weighted by atomic mass is 9.91. The van der Waals surface area contributed by atoms with Crippen molar-refractivity contribution in [2.24, 2.45) is 0 Å². The lowest BCUT2D eigenvalue weighted by Crippen LogP contribution is -2.40. The van der Waals surface area contributed by atoms with E-state index >= 15 is 0 Å². The van der Waals surface area contributed by atoms with E-state index in [1.54, 1.807) is 62.6 Å². The molecule has 0 radical (unpaired) electrons. The number of amides is 3. The second kappa shape index (κ2) is 7.33. The van der Waals surface area contributed by atoms with E-state index in [0.29, 0.717) is 28.3 Å². The molecule has 0 spiro atoms. The molecule has 3 aromatic rings. The number of aromatic nitrogens is 2. The van der Waals surface area contributed by atoms with Crippen LogP contribution in [0.25, 0.3) is 11.4 Å². The van der Waals surface area contributed by atoms with Crippen molar-refractivity contribution < 1.29 is 18.8 Å². The minimum absolute atomic E-state index is 0.117. The average Bonchev–Trinajstić information content (AvgIpc) is 3.33. The quantitative estimate of drug-likeness (QED) is 0.650. The molecule has 0 saturated carbocycles. The van der Waals surface area contributed by atoms with Crippen LogP contribution in [0.5, 0.6) is 5.75 Å². The summed E-state index contributed by atoms with van der Waals surface area (Å²) < 4.78 is 10.4. The summed E-state index contributed by atoms with van der Waals surface area (Å²) in [4.78, 5) is 30.9. The molecule has 0 bridgehead atoms. The molecule has 9 nitrogen and oxygen atoms in total. The van der Waals surface area contributed by atoms with Crippen molar-refractivity contribution in [2.75, 3.05) is 7.11 Å². The summed E-state index contributed by atoms with van der Waals surface area (Å²) in [6.07, 6.45) is 0. The highest BCUT2D eigenvalue weighted by atomic mass is 16.5. The van der Waals surface area contributed by atoms with Crippen LogP contribution in [-0.4, -0.2) is 34.1 Å². The first-order chi connectivity index (χ1) is 14.4. The number of nitrogens with zero attached hydrogens (tertiary/aromatic N) is 4. The molecular weight excluding hydrogens is 386 g/mol. The topological polar surface area (TPSA) is 121 Å². The summed E-state index contributed by atoms with van der Waals surface area (Å²) in [7, 11) is 1.56. The van der Waals surface area contributed by atoms with Gasteiger partial charge in [0.05, 0.1) is 18.7 Å². The van der Waals surface area contributed by atoms with Crippen molar-refractivity contribution in [3.05, 3.63) is 65.5 Å². The summed E-state index contributed by atoms with van der Waals surface area (Å²) >= 11 is 0. The zero-order valence-corrected chi connectivity index (χ0v) is 16.2. The van der Waals surface area contributed by atoms with Gasteiger partial charge in [-0.1, -0.05) is 29.4 Å². The van der Waals surface area contributed by atoms with Gasteiger partial charge in [-0.15, -0.1) is 0 Å². The second-order valence-corrected chi connectivity index (χ2v) is 6.88. The van der Waals surface area contributed by atoms with Crippen molar-refractivity contribution in [2.45, 2.75) is 19.0 Å². The summed E-state index contributed by atoms with van der Waals surface area (Å²) in [5, 5.41) is 15.7. The van der Waals surface area contributed by atoms with Gasteiger partial charge in [0.25, 0.3) is 5.91 Å². The highest BCUT2D eigenvalue weighted by Crippen LogP contribution is 2.30. The lowest BCUT2D eigenvalue weighted by molar-refractivity contribution is -0.131. The predicted octanol–water partition coefficient (Wildman–Crippen LogP) is 2.58. The molecule has 1 aliphatic heterocycles. The van der Waals surface area contributed by atoms with Crippen LogP contribution in [0.15, 0.2) is 53.1 Å². The Labute approximate surface area is 171 Å². The van der Waals surface area contributed by atoms with Crippen molar-refractivity contribution in [1.29, 1.82) is 5.26 Å². The molecule has 1 saturated heterocycles. The Morgan fingerprint density at radius 2 is 2.03 bits per heavy atom. The zero-order valence-electron chi connectivity index (χ0n) is 16.2. The molecule has 4 rings (SSSR count). The minimum Gasteiger partial charge on any atom is -0.497 e. The molecule has 30 heavy (non-hydrogen) atoms. The van der Waals surface area contributed by atoms with Crippen LogP contribution in [0.1, 0.15) is 23.9 Å². The minimum atomic E-state index is -1.29. The van der Waals surface area contributed by atoms with Crippen molar-refractivity contribution in [3.63, 3.8) is 0 Å². The van der Waals surface area contributed by atoms with Gasteiger partial charge in [0.15, 0.2) is 0 Å². The molecule has 0 aliphatic carbocycles. The maximum Gasteiger partial charge on any atom is 0.325 e. The standard InChI is InChI=1S/C21H17N5O4/c1-21(15-7-3-5-13(9-15)11-22)19(27)26(20(28)24-21)12-17-23-18(25-30-17)14-6-4-8-16(10-14)29-2/h3-10H,12H2,1-2H3,(H,24,28). The lowest BCUT2D eigenvalue weighted by Gasteiger charge is -2.22. The van der Waals surface area contributed by atoms with Crippen LogP contribution in [0.2, 0.25) is 0 Å². The van der Waals surface area contributed by atoms with Gasteiger partial charge in [-0.2, -0.15) is 10.2 Å². The SMILES string of the molecule is COc1cccc(-c2noc(CN3C(=O)NC(C)(c4cccc(C#N)c4)C3=O)n2)c1. The summed E-state index contributed by atoms with van der Waals surface area (Å²) in [6, 6.07) is 15.2. The third-order valence-electron chi connectivity index (χ3n) is 4.93. The Kier molecular flexibility index (Phi) is 4.68. The van der Waals surface area contributed by atoms with Crippen LogP contribution in [-0.2, 0) is 16.9 Å². The molecule has 1 aliphatic rings. The van der Waals surface area contributed by atoms with Crippen molar-refractivity contribution >= 4 is 11.9 Å². The van der Waals surface area contributed by atoms with E-state index in [4.69, 9.17) is 14.5 Å². The number of nitriles is 1. The molecule has 3 amide bonds. The number of methoxy groups -OCH3 is 1. The molecule has 1 aromatic heterocycles. The summed E-state index contributed by atoms with van der Waals surface area (Å²) in [6.45, 7) is 1.42. The zero-order chi connectivity index (χ0) is 21.3. The van der Waals surface area contributed by atoms with Gasteiger partial charge < -0.3 is 14.6 Å². The molecule has 150 valence electrons. The van der Waals surface area contributed by atoms with E-state index in [1.807, 2.05) is 6.07 Å². The van der Waals surface area contributed by atoms with E-state index < -0.39 is 17.5 Å². The maximum atomic E-state index is 13.1. The first kappa shape index (κ1) is 19.1. The second-order valence-electron chi connectivity index (χ2n) is 6.88. The molecule has 1 N–H and O–H groups in total. The first-order valence-corrected chi connectivity index (χ1v) is 9.06. The van der Waals surface area contributed by atoms with Gasteiger partial charge in [0.1, 0.15) is 17.8 Å². The van der Waals surface area contributed by atoms with E-state index in [0.717, 1.165) is 4.90 Å². The number of carbonyl (C=O) groups excluding carboxylic acids is 2. The number of carbonyl (C=O) groups is 2. The highest BCUT2D eigenvalue weighted by molar-refractivity contribution is 6.07.